The highest BCUT2D eigenvalue weighted by Crippen LogP contribution is 2.19. The summed E-state index contributed by atoms with van der Waals surface area (Å²) in [6, 6.07) is 0. The summed E-state index contributed by atoms with van der Waals surface area (Å²) in [5.41, 5.74) is 0. The van der Waals surface area contributed by atoms with Crippen LogP contribution >= 0.6 is 0 Å². The Bertz CT molecular complexity index is 308. The molecule has 162 valence electrons. The highest BCUT2D eigenvalue weighted by molar-refractivity contribution is 4.80. The molecule has 0 aromatic rings. The maximum atomic E-state index is 3.68. The minimum atomic E-state index is 0.695. The van der Waals surface area contributed by atoms with Crippen LogP contribution < -0.4 is 5.32 Å². The van der Waals surface area contributed by atoms with Crippen molar-refractivity contribution in [3.63, 3.8) is 0 Å². The number of hydrogen-bond donors (Lipinski definition) is 1. The molecule has 1 heterocycles. The Morgan fingerprint density at radius 2 is 1.22 bits per heavy atom. The van der Waals surface area contributed by atoms with Crippen molar-refractivity contribution in [2.24, 2.45) is 0 Å². The molecule has 1 rings (SSSR count). The standard InChI is InChI=1S/C24H51N3/c1-4-6-8-10-12-13-14-16-18-24-26(3)22-23-27(24)21-20-25-19-17-15-11-9-7-5-2/h24-25H,4-23H2,1-3H3. The zero-order chi connectivity index (χ0) is 19.6. The van der Waals surface area contributed by atoms with Crippen LogP contribution in [0.1, 0.15) is 110 Å². The van der Waals surface area contributed by atoms with Crippen molar-refractivity contribution in [3.8, 4) is 0 Å². The lowest BCUT2D eigenvalue weighted by Crippen LogP contribution is -2.40. The van der Waals surface area contributed by atoms with E-state index in [2.05, 4.69) is 36.0 Å². The summed E-state index contributed by atoms with van der Waals surface area (Å²) >= 11 is 0. The fraction of sp³-hybridized carbons (Fsp3) is 1.00. The molecule has 3 heteroatoms. The molecule has 0 spiro atoms. The summed E-state index contributed by atoms with van der Waals surface area (Å²) in [6.07, 6.45) is 21.8. The van der Waals surface area contributed by atoms with Gasteiger partial charge in [0.2, 0.25) is 0 Å². The Labute approximate surface area is 171 Å². The molecule has 1 aliphatic rings. The number of unbranched alkanes of at least 4 members (excludes halogenated alkanes) is 12. The van der Waals surface area contributed by atoms with Crippen molar-refractivity contribution < 1.29 is 0 Å². The Kier molecular flexibility index (Phi) is 16.6. The Morgan fingerprint density at radius 3 is 1.85 bits per heavy atom. The smallest absolute Gasteiger partial charge is 0.0621 e. The van der Waals surface area contributed by atoms with E-state index < -0.39 is 0 Å². The van der Waals surface area contributed by atoms with Crippen LogP contribution in [0.5, 0.6) is 0 Å². The van der Waals surface area contributed by atoms with Gasteiger partial charge in [-0.3, -0.25) is 9.80 Å². The number of nitrogens with zero attached hydrogens (tertiary/aromatic N) is 2. The normalized spacial score (nSPS) is 18.6. The zero-order valence-corrected chi connectivity index (χ0v) is 19.1. The Morgan fingerprint density at radius 1 is 0.667 bits per heavy atom. The van der Waals surface area contributed by atoms with E-state index in [1.807, 2.05) is 0 Å². The third-order valence-electron chi connectivity index (χ3n) is 6.27. The van der Waals surface area contributed by atoms with Crippen molar-refractivity contribution in [1.82, 2.24) is 15.1 Å². The van der Waals surface area contributed by atoms with E-state index in [1.165, 1.54) is 122 Å². The predicted molar refractivity (Wildman–Crippen MR) is 121 cm³/mol. The summed E-state index contributed by atoms with van der Waals surface area (Å²) in [5, 5.41) is 3.68. The van der Waals surface area contributed by atoms with Crippen LogP contribution in [0.3, 0.4) is 0 Å². The van der Waals surface area contributed by atoms with Gasteiger partial charge >= 0.3 is 0 Å². The molecule has 27 heavy (non-hydrogen) atoms. The lowest BCUT2D eigenvalue weighted by molar-refractivity contribution is 0.146. The maximum Gasteiger partial charge on any atom is 0.0621 e. The van der Waals surface area contributed by atoms with E-state index in [4.69, 9.17) is 0 Å². The maximum absolute atomic E-state index is 3.68. The first-order valence-corrected chi connectivity index (χ1v) is 12.4. The lowest BCUT2D eigenvalue weighted by Gasteiger charge is -2.28. The molecule has 1 aliphatic heterocycles. The van der Waals surface area contributed by atoms with Crippen LogP contribution in [-0.4, -0.2) is 55.7 Å². The highest BCUT2D eigenvalue weighted by atomic mass is 15.4. The van der Waals surface area contributed by atoms with Gasteiger partial charge in [0.15, 0.2) is 0 Å². The van der Waals surface area contributed by atoms with Crippen molar-refractivity contribution >= 4 is 0 Å². The molecule has 0 radical (unpaired) electrons. The van der Waals surface area contributed by atoms with E-state index in [1.54, 1.807) is 0 Å². The van der Waals surface area contributed by atoms with Gasteiger partial charge in [-0.05, 0) is 26.4 Å². The molecule has 1 atom stereocenters. The van der Waals surface area contributed by atoms with Crippen molar-refractivity contribution in [3.05, 3.63) is 0 Å². The first-order valence-electron chi connectivity index (χ1n) is 12.4. The quantitative estimate of drug-likeness (QED) is 0.275. The second kappa shape index (κ2) is 17.9. The van der Waals surface area contributed by atoms with Gasteiger partial charge in [0.05, 0.1) is 6.17 Å². The first-order chi connectivity index (χ1) is 13.3. The monoisotopic (exact) mass is 381 g/mol. The van der Waals surface area contributed by atoms with Gasteiger partial charge in [-0.1, -0.05) is 97.3 Å². The minimum absolute atomic E-state index is 0.695. The second-order valence-corrected chi connectivity index (χ2v) is 8.78. The Hall–Kier alpha value is -0.120. The number of nitrogens with one attached hydrogen (secondary N) is 1. The van der Waals surface area contributed by atoms with Gasteiger partial charge in [0, 0.05) is 26.2 Å². The fourth-order valence-corrected chi connectivity index (χ4v) is 4.37. The SMILES string of the molecule is CCCCCCCCCCC1N(C)CCN1CCNCCCCCCCC. The summed E-state index contributed by atoms with van der Waals surface area (Å²) in [5.74, 6) is 0. The van der Waals surface area contributed by atoms with E-state index in [-0.39, 0.29) is 0 Å². The van der Waals surface area contributed by atoms with Crippen LogP contribution in [0.25, 0.3) is 0 Å². The van der Waals surface area contributed by atoms with Gasteiger partial charge in [-0.25, -0.2) is 0 Å². The highest BCUT2D eigenvalue weighted by Gasteiger charge is 2.27. The molecule has 0 amide bonds. The van der Waals surface area contributed by atoms with E-state index in [9.17, 15) is 0 Å². The molecule has 1 N–H and O–H groups in total. The molecule has 0 bridgehead atoms. The predicted octanol–water partition coefficient (Wildman–Crippen LogP) is 6.04. The van der Waals surface area contributed by atoms with Gasteiger partial charge in [0.1, 0.15) is 0 Å². The fourth-order valence-electron chi connectivity index (χ4n) is 4.37. The zero-order valence-electron chi connectivity index (χ0n) is 19.1. The van der Waals surface area contributed by atoms with Crippen molar-refractivity contribution in [1.29, 1.82) is 0 Å². The number of hydrogen-bond acceptors (Lipinski definition) is 3. The van der Waals surface area contributed by atoms with Crippen LogP contribution in [0.15, 0.2) is 0 Å². The van der Waals surface area contributed by atoms with Crippen LogP contribution in [0.2, 0.25) is 0 Å². The van der Waals surface area contributed by atoms with E-state index in [0.29, 0.717) is 6.17 Å². The molecule has 1 saturated heterocycles. The molecular weight excluding hydrogens is 330 g/mol. The largest absolute Gasteiger partial charge is 0.315 e. The summed E-state index contributed by atoms with van der Waals surface area (Å²) in [6.45, 7) is 10.7. The second-order valence-electron chi connectivity index (χ2n) is 8.78. The van der Waals surface area contributed by atoms with Gasteiger partial charge in [-0.2, -0.15) is 0 Å². The molecule has 0 saturated carbocycles. The third-order valence-corrected chi connectivity index (χ3v) is 6.27. The van der Waals surface area contributed by atoms with Crippen LogP contribution in [0.4, 0.5) is 0 Å². The topological polar surface area (TPSA) is 18.5 Å². The summed E-state index contributed by atoms with van der Waals surface area (Å²) in [7, 11) is 2.32. The lowest BCUT2D eigenvalue weighted by atomic mass is 10.1. The third kappa shape index (κ3) is 12.9. The van der Waals surface area contributed by atoms with Crippen LogP contribution in [0, 0.1) is 0 Å². The molecule has 3 nitrogen and oxygen atoms in total. The number of rotatable bonds is 19. The summed E-state index contributed by atoms with van der Waals surface area (Å²) in [4.78, 5) is 5.30. The average molecular weight is 382 g/mol. The molecule has 0 aromatic heterocycles. The van der Waals surface area contributed by atoms with E-state index >= 15 is 0 Å². The van der Waals surface area contributed by atoms with Crippen molar-refractivity contribution in [2.75, 3.05) is 39.8 Å². The molecule has 1 unspecified atom stereocenters. The average Bonchev–Trinajstić information content (AvgIpc) is 3.02. The molecular formula is C24H51N3. The van der Waals surface area contributed by atoms with Crippen molar-refractivity contribution in [2.45, 2.75) is 116 Å². The summed E-state index contributed by atoms with van der Waals surface area (Å²) < 4.78 is 0. The molecule has 0 aromatic carbocycles. The molecule has 0 aliphatic carbocycles. The van der Waals surface area contributed by atoms with Gasteiger partial charge < -0.3 is 5.32 Å². The van der Waals surface area contributed by atoms with E-state index in [0.717, 1.165) is 6.54 Å². The molecule has 1 fully saturated rings. The Balaban J connectivity index is 1.99. The number of likely N-dealkylation sites (N-methyl/N-ethyl adjacent to an activating group) is 1. The van der Waals surface area contributed by atoms with Crippen LogP contribution in [-0.2, 0) is 0 Å². The first kappa shape index (κ1) is 24.9. The van der Waals surface area contributed by atoms with Gasteiger partial charge in [-0.15, -0.1) is 0 Å². The minimum Gasteiger partial charge on any atom is -0.315 e. The van der Waals surface area contributed by atoms with Gasteiger partial charge in [0.25, 0.3) is 0 Å².